The number of nitrogens with zero attached hydrogens (tertiary/aromatic N) is 1. The first-order valence-corrected chi connectivity index (χ1v) is 8.98. The molecule has 1 amide bonds. The van der Waals surface area contributed by atoms with Crippen LogP contribution in [0.15, 0.2) is 48.5 Å². The molecular formula is C21H26N2O2. The van der Waals surface area contributed by atoms with Gasteiger partial charge in [-0.1, -0.05) is 36.4 Å². The summed E-state index contributed by atoms with van der Waals surface area (Å²) in [6.45, 7) is 4.91. The molecule has 1 aliphatic heterocycles. The van der Waals surface area contributed by atoms with Gasteiger partial charge in [0.05, 0.1) is 0 Å². The molecule has 2 aromatic rings. The molecule has 0 radical (unpaired) electrons. The third-order valence-electron chi connectivity index (χ3n) is 4.95. The smallest absolute Gasteiger partial charge is 0.251 e. The van der Waals surface area contributed by atoms with Crippen molar-refractivity contribution in [2.45, 2.75) is 32.2 Å². The molecule has 1 aliphatic rings. The lowest BCUT2D eigenvalue weighted by atomic mass is 10.0. The molecular weight excluding hydrogens is 312 g/mol. The molecule has 1 saturated heterocycles. The van der Waals surface area contributed by atoms with Crippen molar-refractivity contribution in [1.82, 2.24) is 10.2 Å². The Morgan fingerprint density at radius 2 is 1.88 bits per heavy atom. The second-order valence-electron chi connectivity index (χ2n) is 6.83. The summed E-state index contributed by atoms with van der Waals surface area (Å²) in [6.07, 6.45) is 3.01. The highest BCUT2D eigenvalue weighted by Gasteiger charge is 2.21. The fourth-order valence-electron chi connectivity index (χ4n) is 3.25. The predicted molar refractivity (Wildman–Crippen MR) is 99.9 cm³/mol. The standard InChI is InChI=1S/C21H26N2O2/c1-16-7-8-18(15-20(16)24)21(25)22-19-10-13-23(14-11-19)12-9-17-5-3-2-4-6-17/h2-8,15,19,24H,9-14H2,1H3,(H,22,25). The Bertz CT molecular complexity index is 707. The first kappa shape index (κ1) is 17.5. The second kappa shape index (κ2) is 8.17. The fraction of sp³-hybridized carbons (Fsp3) is 0.381. The van der Waals surface area contributed by atoms with Crippen LogP contribution in [0.3, 0.4) is 0 Å². The first-order chi connectivity index (χ1) is 12.1. The molecule has 0 bridgehead atoms. The molecule has 25 heavy (non-hydrogen) atoms. The van der Waals surface area contributed by atoms with Crippen molar-refractivity contribution in [3.05, 3.63) is 65.2 Å². The molecule has 0 aliphatic carbocycles. The van der Waals surface area contributed by atoms with Crippen LogP contribution in [0.4, 0.5) is 0 Å². The van der Waals surface area contributed by atoms with Gasteiger partial charge in [0.1, 0.15) is 5.75 Å². The number of benzene rings is 2. The largest absolute Gasteiger partial charge is 0.508 e. The Kier molecular flexibility index (Phi) is 5.71. The van der Waals surface area contributed by atoms with Crippen LogP contribution in [0.1, 0.15) is 34.3 Å². The highest BCUT2D eigenvalue weighted by atomic mass is 16.3. The number of phenols is 1. The van der Waals surface area contributed by atoms with E-state index in [-0.39, 0.29) is 17.7 Å². The van der Waals surface area contributed by atoms with Crippen LogP contribution < -0.4 is 5.32 Å². The number of piperidine rings is 1. The number of hydrogen-bond donors (Lipinski definition) is 2. The Labute approximate surface area is 149 Å². The van der Waals surface area contributed by atoms with E-state index in [2.05, 4.69) is 34.5 Å². The van der Waals surface area contributed by atoms with Crippen LogP contribution in [0.25, 0.3) is 0 Å². The fourth-order valence-corrected chi connectivity index (χ4v) is 3.25. The van der Waals surface area contributed by atoms with Gasteiger partial charge in [0.15, 0.2) is 0 Å². The molecule has 0 aromatic heterocycles. The molecule has 2 N–H and O–H groups in total. The number of carbonyl (C=O) groups is 1. The van der Waals surface area contributed by atoms with Crippen molar-refractivity contribution < 1.29 is 9.90 Å². The highest BCUT2D eigenvalue weighted by molar-refractivity contribution is 5.94. The minimum absolute atomic E-state index is 0.0990. The summed E-state index contributed by atoms with van der Waals surface area (Å²) in [5, 5.41) is 12.9. The normalized spacial score (nSPS) is 15.9. The van der Waals surface area contributed by atoms with Crippen molar-refractivity contribution in [2.24, 2.45) is 0 Å². The summed E-state index contributed by atoms with van der Waals surface area (Å²) in [5.41, 5.74) is 2.68. The summed E-state index contributed by atoms with van der Waals surface area (Å²) in [5.74, 6) is 0.0708. The summed E-state index contributed by atoms with van der Waals surface area (Å²) in [6, 6.07) is 15.8. The lowest BCUT2D eigenvalue weighted by molar-refractivity contribution is 0.0911. The number of phenolic OH excluding ortho intramolecular Hbond substituents is 1. The van der Waals surface area contributed by atoms with E-state index >= 15 is 0 Å². The van der Waals surface area contributed by atoms with Crippen molar-refractivity contribution in [1.29, 1.82) is 0 Å². The van der Waals surface area contributed by atoms with E-state index in [0.717, 1.165) is 44.5 Å². The van der Waals surface area contributed by atoms with Gasteiger partial charge >= 0.3 is 0 Å². The molecule has 0 saturated carbocycles. The maximum absolute atomic E-state index is 12.3. The van der Waals surface area contributed by atoms with E-state index in [0.29, 0.717) is 5.56 Å². The molecule has 1 heterocycles. The van der Waals surface area contributed by atoms with Gasteiger partial charge in [-0.25, -0.2) is 0 Å². The van der Waals surface area contributed by atoms with E-state index in [9.17, 15) is 9.90 Å². The van der Waals surface area contributed by atoms with Crippen LogP contribution in [-0.2, 0) is 6.42 Å². The van der Waals surface area contributed by atoms with Gasteiger partial charge in [0.25, 0.3) is 5.91 Å². The maximum Gasteiger partial charge on any atom is 0.251 e. The minimum atomic E-state index is -0.0990. The number of nitrogens with one attached hydrogen (secondary N) is 1. The van der Waals surface area contributed by atoms with E-state index in [4.69, 9.17) is 0 Å². The van der Waals surface area contributed by atoms with Crippen LogP contribution in [0.2, 0.25) is 0 Å². The monoisotopic (exact) mass is 338 g/mol. The number of rotatable bonds is 5. The number of carbonyl (C=O) groups excluding carboxylic acids is 1. The third kappa shape index (κ3) is 4.83. The molecule has 0 atom stereocenters. The molecule has 0 spiro atoms. The Morgan fingerprint density at radius 1 is 1.16 bits per heavy atom. The minimum Gasteiger partial charge on any atom is -0.508 e. The van der Waals surface area contributed by atoms with Gasteiger partial charge in [-0.05, 0) is 49.4 Å². The number of hydrogen-bond acceptors (Lipinski definition) is 3. The molecule has 4 nitrogen and oxygen atoms in total. The van der Waals surface area contributed by atoms with E-state index in [1.165, 1.54) is 5.56 Å². The van der Waals surface area contributed by atoms with Crippen molar-refractivity contribution in [2.75, 3.05) is 19.6 Å². The summed E-state index contributed by atoms with van der Waals surface area (Å²) in [4.78, 5) is 14.8. The number of likely N-dealkylation sites (tertiary alicyclic amines) is 1. The summed E-state index contributed by atoms with van der Waals surface area (Å²) < 4.78 is 0. The molecule has 0 unspecified atom stereocenters. The van der Waals surface area contributed by atoms with Gasteiger partial charge in [0.2, 0.25) is 0 Å². The Hall–Kier alpha value is -2.33. The molecule has 132 valence electrons. The van der Waals surface area contributed by atoms with Crippen LogP contribution in [0, 0.1) is 6.92 Å². The zero-order valence-corrected chi connectivity index (χ0v) is 14.7. The topological polar surface area (TPSA) is 52.6 Å². The van der Waals surface area contributed by atoms with Crippen LogP contribution in [0.5, 0.6) is 5.75 Å². The van der Waals surface area contributed by atoms with E-state index < -0.39 is 0 Å². The quantitative estimate of drug-likeness (QED) is 0.881. The van der Waals surface area contributed by atoms with E-state index in [1.54, 1.807) is 18.2 Å². The van der Waals surface area contributed by atoms with Crippen molar-refractivity contribution in [3.8, 4) is 5.75 Å². The SMILES string of the molecule is Cc1ccc(C(=O)NC2CCN(CCc3ccccc3)CC2)cc1O. The number of aromatic hydroxyl groups is 1. The van der Waals surface area contributed by atoms with Gasteiger partial charge < -0.3 is 15.3 Å². The van der Waals surface area contributed by atoms with Crippen LogP contribution >= 0.6 is 0 Å². The lowest BCUT2D eigenvalue weighted by Crippen LogP contribution is -2.45. The average molecular weight is 338 g/mol. The molecule has 4 heteroatoms. The zero-order valence-electron chi connectivity index (χ0n) is 14.7. The molecule has 3 rings (SSSR count). The number of amides is 1. The summed E-state index contributed by atoms with van der Waals surface area (Å²) in [7, 11) is 0. The zero-order chi connectivity index (χ0) is 17.6. The lowest BCUT2D eigenvalue weighted by Gasteiger charge is -2.32. The van der Waals surface area contributed by atoms with Crippen molar-refractivity contribution in [3.63, 3.8) is 0 Å². The average Bonchev–Trinajstić information content (AvgIpc) is 2.64. The summed E-state index contributed by atoms with van der Waals surface area (Å²) >= 11 is 0. The molecule has 1 fully saturated rings. The van der Waals surface area contributed by atoms with Crippen molar-refractivity contribution >= 4 is 5.91 Å². The second-order valence-corrected chi connectivity index (χ2v) is 6.83. The Balaban J connectivity index is 1.44. The van der Waals surface area contributed by atoms with Gasteiger partial charge in [-0.3, -0.25) is 4.79 Å². The van der Waals surface area contributed by atoms with E-state index in [1.807, 2.05) is 13.0 Å². The third-order valence-corrected chi connectivity index (χ3v) is 4.95. The van der Waals surface area contributed by atoms with Gasteiger partial charge in [-0.2, -0.15) is 0 Å². The van der Waals surface area contributed by atoms with Crippen LogP contribution in [-0.4, -0.2) is 41.6 Å². The highest BCUT2D eigenvalue weighted by Crippen LogP contribution is 2.18. The van der Waals surface area contributed by atoms with Gasteiger partial charge in [0, 0.05) is 31.2 Å². The Morgan fingerprint density at radius 3 is 2.56 bits per heavy atom. The first-order valence-electron chi connectivity index (χ1n) is 8.98. The van der Waals surface area contributed by atoms with Gasteiger partial charge in [-0.15, -0.1) is 0 Å². The number of aryl methyl sites for hydroxylation is 1. The predicted octanol–water partition coefficient (Wildman–Crippen LogP) is 3.14. The maximum atomic E-state index is 12.3. The molecule has 2 aromatic carbocycles.